The molecule has 0 aliphatic carbocycles. The van der Waals surface area contributed by atoms with Crippen molar-refractivity contribution in [1.29, 1.82) is 0 Å². The first kappa shape index (κ1) is 19.4. The highest BCUT2D eigenvalue weighted by Crippen LogP contribution is 2.25. The van der Waals surface area contributed by atoms with Crippen molar-refractivity contribution < 1.29 is 16.8 Å². The molecule has 0 fully saturated rings. The number of benzene rings is 2. The molecule has 2 aromatic carbocycles. The van der Waals surface area contributed by atoms with Crippen LogP contribution in [0.15, 0.2) is 58.3 Å². The van der Waals surface area contributed by atoms with Crippen LogP contribution in [0.5, 0.6) is 0 Å². The van der Waals surface area contributed by atoms with Gasteiger partial charge in [-0.15, -0.1) is 0 Å². The van der Waals surface area contributed by atoms with Gasteiger partial charge in [0, 0.05) is 5.69 Å². The van der Waals surface area contributed by atoms with E-state index in [1.165, 1.54) is 25.2 Å². The fourth-order valence-corrected chi connectivity index (χ4v) is 4.13. The topological polar surface area (TPSA) is 92.3 Å². The smallest absolute Gasteiger partial charge is 0.261 e. The lowest BCUT2D eigenvalue weighted by atomic mass is 9.87. The first-order valence-corrected chi connectivity index (χ1v) is 10.6. The van der Waals surface area contributed by atoms with E-state index in [-0.39, 0.29) is 15.2 Å². The first-order valence-electron chi connectivity index (χ1n) is 7.63. The van der Waals surface area contributed by atoms with Crippen molar-refractivity contribution in [3.63, 3.8) is 0 Å². The second-order valence-electron chi connectivity index (χ2n) is 6.62. The van der Waals surface area contributed by atoms with Crippen LogP contribution in [-0.4, -0.2) is 23.9 Å². The molecular weight excluding hydrogens is 360 g/mol. The Labute approximate surface area is 149 Å². The normalized spacial score (nSPS) is 12.8. The predicted molar refractivity (Wildman–Crippen MR) is 98.6 cm³/mol. The minimum Gasteiger partial charge on any atom is -0.280 e. The number of nitrogens with one attached hydrogen (secondary N) is 2. The molecule has 0 saturated carbocycles. The Morgan fingerprint density at radius 3 is 1.80 bits per heavy atom. The van der Waals surface area contributed by atoms with Gasteiger partial charge in [-0.1, -0.05) is 39.0 Å². The Hall–Kier alpha value is -1.90. The molecule has 8 heteroatoms. The zero-order valence-electron chi connectivity index (χ0n) is 14.6. The van der Waals surface area contributed by atoms with E-state index in [1.54, 1.807) is 12.1 Å². The van der Waals surface area contributed by atoms with Crippen molar-refractivity contribution >= 4 is 25.7 Å². The summed E-state index contributed by atoms with van der Waals surface area (Å²) in [4.78, 5) is -0.232. The third-order valence-corrected chi connectivity index (χ3v) is 6.49. The van der Waals surface area contributed by atoms with E-state index in [0.717, 1.165) is 11.6 Å². The lowest BCUT2D eigenvalue weighted by Crippen LogP contribution is -2.19. The molecule has 0 spiro atoms. The molecule has 0 radical (unpaired) electrons. The maximum atomic E-state index is 12.5. The van der Waals surface area contributed by atoms with Crippen molar-refractivity contribution in [2.24, 2.45) is 0 Å². The standard InChI is InChI=1S/C17H22N2O4S2/c1-17(2,3)13-8-10-14(11-9-13)19-25(22,23)16-7-5-6-15(12-16)24(20,21)18-4/h5-12,18-19H,1-4H3. The first-order chi connectivity index (χ1) is 11.5. The second kappa shape index (κ2) is 6.78. The van der Waals surface area contributed by atoms with E-state index in [0.29, 0.717) is 5.69 Å². The molecule has 2 rings (SSSR count). The summed E-state index contributed by atoms with van der Waals surface area (Å²) in [6.07, 6.45) is 0. The molecule has 2 N–H and O–H groups in total. The van der Waals surface area contributed by atoms with Gasteiger partial charge < -0.3 is 0 Å². The average molecular weight is 383 g/mol. The fourth-order valence-electron chi connectivity index (χ4n) is 2.18. The maximum absolute atomic E-state index is 12.5. The van der Waals surface area contributed by atoms with E-state index < -0.39 is 20.0 Å². The SMILES string of the molecule is CNS(=O)(=O)c1cccc(S(=O)(=O)Nc2ccc(C(C)(C)C)cc2)c1. The van der Waals surface area contributed by atoms with Gasteiger partial charge in [-0.25, -0.2) is 21.6 Å². The van der Waals surface area contributed by atoms with Gasteiger partial charge in [0.2, 0.25) is 10.0 Å². The number of hydrogen-bond acceptors (Lipinski definition) is 4. The number of hydrogen-bond donors (Lipinski definition) is 2. The Morgan fingerprint density at radius 1 is 0.800 bits per heavy atom. The average Bonchev–Trinajstić information content (AvgIpc) is 2.54. The van der Waals surface area contributed by atoms with Crippen LogP contribution < -0.4 is 9.44 Å². The van der Waals surface area contributed by atoms with Crippen molar-refractivity contribution in [3.05, 3.63) is 54.1 Å². The largest absolute Gasteiger partial charge is 0.280 e. The molecule has 0 aliphatic rings. The van der Waals surface area contributed by atoms with E-state index in [1.807, 2.05) is 12.1 Å². The van der Waals surface area contributed by atoms with Crippen molar-refractivity contribution in [3.8, 4) is 0 Å². The zero-order valence-corrected chi connectivity index (χ0v) is 16.2. The second-order valence-corrected chi connectivity index (χ2v) is 10.2. The minimum atomic E-state index is -3.89. The summed E-state index contributed by atoms with van der Waals surface area (Å²) in [5, 5.41) is 0. The van der Waals surface area contributed by atoms with Crippen LogP contribution in [0, 0.1) is 0 Å². The summed E-state index contributed by atoms with van der Waals surface area (Å²) >= 11 is 0. The molecule has 0 atom stereocenters. The Bertz CT molecular complexity index is 958. The van der Waals surface area contributed by atoms with Crippen LogP contribution in [-0.2, 0) is 25.5 Å². The van der Waals surface area contributed by atoms with Crippen molar-refractivity contribution in [2.75, 3.05) is 11.8 Å². The summed E-state index contributed by atoms with van der Waals surface area (Å²) in [7, 11) is -6.34. The number of anilines is 1. The molecule has 0 saturated heterocycles. The van der Waals surface area contributed by atoms with Crippen LogP contribution in [0.3, 0.4) is 0 Å². The summed E-state index contributed by atoms with van der Waals surface area (Å²) < 4.78 is 53.4. The predicted octanol–water partition coefficient (Wildman–Crippen LogP) is 2.69. The van der Waals surface area contributed by atoms with Gasteiger partial charge in [0.05, 0.1) is 9.79 Å². The molecule has 0 aliphatic heterocycles. The maximum Gasteiger partial charge on any atom is 0.261 e. The Kier molecular flexibility index (Phi) is 5.27. The van der Waals surface area contributed by atoms with E-state index in [2.05, 4.69) is 30.2 Å². The molecule has 136 valence electrons. The highest BCUT2D eigenvalue weighted by atomic mass is 32.2. The van der Waals surface area contributed by atoms with Crippen LogP contribution in [0.25, 0.3) is 0 Å². The van der Waals surface area contributed by atoms with E-state index in [9.17, 15) is 16.8 Å². The minimum absolute atomic E-state index is 0.0345. The van der Waals surface area contributed by atoms with Gasteiger partial charge in [0.1, 0.15) is 0 Å². The van der Waals surface area contributed by atoms with Crippen LogP contribution >= 0.6 is 0 Å². The van der Waals surface area contributed by atoms with Gasteiger partial charge in [-0.3, -0.25) is 4.72 Å². The highest BCUT2D eigenvalue weighted by molar-refractivity contribution is 7.93. The van der Waals surface area contributed by atoms with Crippen molar-refractivity contribution in [1.82, 2.24) is 4.72 Å². The lowest BCUT2D eigenvalue weighted by Gasteiger charge is -2.19. The molecule has 0 unspecified atom stereocenters. The molecule has 2 aromatic rings. The van der Waals surface area contributed by atoms with Crippen LogP contribution in [0.1, 0.15) is 26.3 Å². The van der Waals surface area contributed by atoms with Crippen LogP contribution in [0.2, 0.25) is 0 Å². The van der Waals surface area contributed by atoms with Crippen molar-refractivity contribution in [2.45, 2.75) is 36.0 Å². The van der Waals surface area contributed by atoms with E-state index >= 15 is 0 Å². The molecule has 0 amide bonds. The summed E-state index contributed by atoms with van der Waals surface area (Å²) in [6, 6.07) is 12.3. The molecular formula is C17H22N2O4S2. The molecule has 6 nitrogen and oxygen atoms in total. The van der Waals surface area contributed by atoms with Gasteiger partial charge >= 0.3 is 0 Å². The third kappa shape index (κ3) is 4.59. The molecule has 25 heavy (non-hydrogen) atoms. The van der Waals surface area contributed by atoms with Gasteiger partial charge in [-0.05, 0) is 48.4 Å². The van der Waals surface area contributed by atoms with Gasteiger partial charge in [0.15, 0.2) is 0 Å². The Morgan fingerprint density at radius 2 is 1.32 bits per heavy atom. The quantitative estimate of drug-likeness (QED) is 0.832. The van der Waals surface area contributed by atoms with Crippen LogP contribution in [0.4, 0.5) is 5.69 Å². The number of rotatable bonds is 5. The number of sulfonamides is 2. The highest BCUT2D eigenvalue weighted by Gasteiger charge is 2.19. The Balaban J connectivity index is 2.32. The lowest BCUT2D eigenvalue weighted by molar-refractivity contribution is 0.587. The summed E-state index contributed by atoms with van der Waals surface area (Å²) in [6.45, 7) is 6.21. The van der Waals surface area contributed by atoms with Gasteiger partial charge in [0.25, 0.3) is 10.0 Å². The third-order valence-electron chi connectivity index (χ3n) is 3.70. The molecule has 0 bridgehead atoms. The monoisotopic (exact) mass is 382 g/mol. The summed E-state index contributed by atoms with van der Waals surface area (Å²) in [5.74, 6) is 0. The summed E-state index contributed by atoms with van der Waals surface area (Å²) in [5.41, 5.74) is 1.46. The van der Waals surface area contributed by atoms with E-state index in [4.69, 9.17) is 0 Å². The fraction of sp³-hybridized carbons (Fsp3) is 0.294. The molecule has 0 aromatic heterocycles. The zero-order chi connectivity index (χ0) is 18.9. The van der Waals surface area contributed by atoms with Gasteiger partial charge in [-0.2, -0.15) is 0 Å². The molecule has 0 heterocycles.